The molecule has 1 fully saturated rings. The van der Waals surface area contributed by atoms with E-state index in [1.807, 2.05) is 24.3 Å². The Morgan fingerprint density at radius 2 is 1.86 bits per heavy atom. The van der Waals surface area contributed by atoms with E-state index >= 15 is 0 Å². The third-order valence-electron chi connectivity index (χ3n) is 4.70. The number of nitriles is 2. The summed E-state index contributed by atoms with van der Waals surface area (Å²) in [6.45, 7) is 0. The fraction of sp³-hybridized carbons (Fsp3) is 0.400. The van der Waals surface area contributed by atoms with Crippen molar-refractivity contribution in [3.05, 3.63) is 34.3 Å². The van der Waals surface area contributed by atoms with Crippen molar-refractivity contribution >= 4 is 21.8 Å². The van der Waals surface area contributed by atoms with Crippen molar-refractivity contribution in [1.29, 1.82) is 10.5 Å². The lowest BCUT2D eigenvalue weighted by molar-refractivity contribution is -0.230. The maximum absolute atomic E-state index is 9.90. The van der Waals surface area contributed by atoms with E-state index in [1.54, 1.807) is 0 Å². The second-order valence-corrected chi connectivity index (χ2v) is 6.14. The van der Waals surface area contributed by atoms with Crippen LogP contribution in [0.15, 0.2) is 33.7 Å². The van der Waals surface area contributed by atoms with Crippen molar-refractivity contribution in [3.8, 4) is 12.1 Å². The van der Waals surface area contributed by atoms with E-state index in [4.69, 9.17) is 15.2 Å². The summed E-state index contributed by atoms with van der Waals surface area (Å²) in [6, 6.07) is 11.8. The molecule has 0 aromatic heterocycles. The maximum Gasteiger partial charge on any atom is 0.292 e. The lowest BCUT2D eigenvalue weighted by Gasteiger charge is -2.29. The van der Waals surface area contributed by atoms with Crippen LogP contribution in [0.5, 0.6) is 0 Å². The van der Waals surface area contributed by atoms with E-state index in [-0.39, 0.29) is 5.84 Å². The fourth-order valence-corrected chi connectivity index (χ4v) is 4.21. The van der Waals surface area contributed by atoms with Crippen LogP contribution < -0.4 is 5.73 Å². The SMILES string of the molecule is COC1(OC)N=C(N)[C@@]2(C#N)[C@@H](c3ccccc3Br)[C@@]12C#N. The summed E-state index contributed by atoms with van der Waals surface area (Å²) in [4.78, 5) is 4.17. The van der Waals surface area contributed by atoms with Gasteiger partial charge in [-0.1, -0.05) is 34.1 Å². The molecule has 3 atom stereocenters. The largest absolute Gasteiger partial charge is 0.386 e. The average molecular weight is 361 g/mol. The summed E-state index contributed by atoms with van der Waals surface area (Å²) in [5, 5.41) is 19.7. The third-order valence-corrected chi connectivity index (χ3v) is 5.42. The number of nitrogens with zero attached hydrogens (tertiary/aromatic N) is 3. The number of fused-ring (bicyclic) bond motifs is 1. The third kappa shape index (κ3) is 1.28. The summed E-state index contributed by atoms with van der Waals surface area (Å²) in [5.74, 6) is -1.99. The van der Waals surface area contributed by atoms with E-state index in [2.05, 4.69) is 33.1 Å². The Morgan fingerprint density at radius 3 is 2.36 bits per heavy atom. The first kappa shape index (κ1) is 15.0. The minimum atomic E-state index is -1.58. The van der Waals surface area contributed by atoms with Crippen LogP contribution in [0.3, 0.4) is 0 Å². The minimum absolute atomic E-state index is 0.0704. The molecule has 22 heavy (non-hydrogen) atoms. The lowest BCUT2D eigenvalue weighted by atomic mass is 9.93. The van der Waals surface area contributed by atoms with Gasteiger partial charge in [-0.05, 0) is 11.6 Å². The number of amidine groups is 1. The molecule has 0 saturated heterocycles. The van der Waals surface area contributed by atoms with Crippen molar-refractivity contribution < 1.29 is 9.47 Å². The topological polar surface area (TPSA) is 104 Å². The normalized spacial score (nSPS) is 34.2. The molecule has 0 bridgehead atoms. The van der Waals surface area contributed by atoms with Gasteiger partial charge in [0.25, 0.3) is 5.91 Å². The number of nitrogens with two attached hydrogens (primary N) is 1. The molecule has 112 valence electrons. The summed E-state index contributed by atoms with van der Waals surface area (Å²) in [7, 11) is 2.78. The van der Waals surface area contributed by atoms with Gasteiger partial charge < -0.3 is 15.2 Å². The molecule has 1 heterocycles. The second-order valence-electron chi connectivity index (χ2n) is 5.28. The van der Waals surface area contributed by atoms with E-state index < -0.39 is 22.7 Å². The van der Waals surface area contributed by atoms with Crippen LogP contribution in [-0.2, 0) is 9.47 Å². The Hall–Kier alpha value is -1.93. The van der Waals surface area contributed by atoms with Gasteiger partial charge >= 0.3 is 0 Å². The summed E-state index contributed by atoms with van der Waals surface area (Å²) < 4.78 is 11.6. The van der Waals surface area contributed by atoms with Gasteiger partial charge in [0.15, 0.2) is 5.41 Å². The molecule has 2 N–H and O–H groups in total. The number of hydrogen-bond donors (Lipinski definition) is 1. The molecule has 2 aliphatic rings. The average Bonchev–Trinajstić information content (AvgIpc) is 3.10. The second kappa shape index (κ2) is 4.53. The Kier molecular flexibility index (Phi) is 3.09. The predicted molar refractivity (Wildman–Crippen MR) is 81.3 cm³/mol. The highest BCUT2D eigenvalue weighted by atomic mass is 79.9. The molecule has 7 heteroatoms. The van der Waals surface area contributed by atoms with Crippen LogP contribution in [0, 0.1) is 33.5 Å². The molecular weight excluding hydrogens is 348 g/mol. The first-order valence-corrected chi connectivity index (χ1v) is 7.33. The smallest absolute Gasteiger partial charge is 0.292 e. The number of rotatable bonds is 3. The Balaban J connectivity index is 2.29. The van der Waals surface area contributed by atoms with E-state index in [0.717, 1.165) is 10.0 Å². The first-order valence-electron chi connectivity index (χ1n) is 6.54. The van der Waals surface area contributed by atoms with Gasteiger partial charge in [0.1, 0.15) is 11.3 Å². The minimum Gasteiger partial charge on any atom is -0.386 e. The Labute approximate surface area is 136 Å². The van der Waals surface area contributed by atoms with Crippen molar-refractivity contribution in [3.63, 3.8) is 0 Å². The van der Waals surface area contributed by atoms with Crippen molar-refractivity contribution in [2.24, 2.45) is 21.6 Å². The van der Waals surface area contributed by atoms with Crippen LogP contribution in [0.4, 0.5) is 0 Å². The van der Waals surface area contributed by atoms with Crippen LogP contribution >= 0.6 is 15.9 Å². The molecule has 6 nitrogen and oxygen atoms in total. The van der Waals surface area contributed by atoms with Crippen LogP contribution in [0.1, 0.15) is 11.5 Å². The first-order chi connectivity index (χ1) is 10.5. The number of halogens is 1. The summed E-state index contributed by atoms with van der Waals surface area (Å²) in [6.07, 6.45) is 0. The van der Waals surface area contributed by atoms with Crippen molar-refractivity contribution in [1.82, 2.24) is 0 Å². The molecule has 1 aromatic carbocycles. The molecule has 1 aromatic rings. The monoisotopic (exact) mass is 360 g/mol. The number of benzene rings is 1. The number of methoxy groups -OCH3 is 2. The van der Waals surface area contributed by atoms with Gasteiger partial charge in [-0.25, -0.2) is 4.99 Å². The highest BCUT2D eigenvalue weighted by Crippen LogP contribution is 2.82. The maximum atomic E-state index is 9.90. The highest BCUT2D eigenvalue weighted by Gasteiger charge is 2.93. The van der Waals surface area contributed by atoms with E-state index in [1.165, 1.54) is 14.2 Å². The van der Waals surface area contributed by atoms with Gasteiger partial charge in [0.2, 0.25) is 0 Å². The van der Waals surface area contributed by atoms with Gasteiger partial charge in [-0.2, -0.15) is 10.5 Å². The molecule has 0 radical (unpaired) electrons. The summed E-state index contributed by atoms with van der Waals surface area (Å²) in [5.41, 5.74) is 4.27. The van der Waals surface area contributed by atoms with Gasteiger partial charge in [-0.15, -0.1) is 0 Å². The van der Waals surface area contributed by atoms with Crippen LogP contribution in [0.2, 0.25) is 0 Å². The van der Waals surface area contributed by atoms with Crippen molar-refractivity contribution in [2.75, 3.05) is 14.2 Å². The van der Waals surface area contributed by atoms with E-state index in [0.29, 0.717) is 0 Å². The lowest BCUT2D eigenvalue weighted by Crippen LogP contribution is -2.41. The van der Waals surface area contributed by atoms with Crippen LogP contribution in [0.25, 0.3) is 0 Å². The number of ether oxygens (including phenoxy) is 2. The molecule has 1 saturated carbocycles. The Bertz CT molecular complexity index is 762. The molecule has 1 aliphatic carbocycles. The molecule has 3 rings (SSSR count). The van der Waals surface area contributed by atoms with Gasteiger partial charge in [-0.3, -0.25) is 0 Å². The van der Waals surface area contributed by atoms with E-state index in [9.17, 15) is 10.5 Å². The number of hydrogen-bond acceptors (Lipinski definition) is 6. The zero-order chi connectivity index (χ0) is 16.2. The molecular formula is C15H13BrN4O2. The quantitative estimate of drug-likeness (QED) is 0.828. The standard InChI is InChI=1S/C15H13BrN4O2/c1-21-15(22-2)14(8-18)11(9-5-3-4-6-10(9)16)13(14,7-17)12(19)20-15/h3-6,11H,1-2H3,(H2,19,20)/t11-,13-,14-/m1/s1. The molecule has 0 unspecified atom stereocenters. The fourth-order valence-electron chi connectivity index (χ4n) is 3.70. The number of aliphatic imine (C=N–C) groups is 1. The zero-order valence-electron chi connectivity index (χ0n) is 12.0. The summed E-state index contributed by atoms with van der Waals surface area (Å²) >= 11 is 3.47. The predicted octanol–water partition coefficient (Wildman–Crippen LogP) is 1.88. The highest BCUT2D eigenvalue weighted by molar-refractivity contribution is 9.10. The molecule has 0 amide bonds. The van der Waals surface area contributed by atoms with Gasteiger partial charge in [0.05, 0.1) is 12.1 Å². The van der Waals surface area contributed by atoms with Crippen LogP contribution in [-0.4, -0.2) is 26.0 Å². The van der Waals surface area contributed by atoms with Gasteiger partial charge in [0, 0.05) is 24.6 Å². The molecule has 0 spiro atoms. The Morgan fingerprint density at radius 1 is 1.23 bits per heavy atom. The molecule has 1 aliphatic heterocycles. The zero-order valence-corrected chi connectivity index (χ0v) is 13.6. The van der Waals surface area contributed by atoms with Crippen molar-refractivity contribution in [2.45, 2.75) is 11.8 Å².